The van der Waals surface area contributed by atoms with E-state index >= 15 is 0 Å². The highest BCUT2D eigenvalue weighted by molar-refractivity contribution is 5.73. The minimum atomic E-state index is 0.420. The van der Waals surface area contributed by atoms with Crippen molar-refractivity contribution in [3.63, 3.8) is 0 Å². The van der Waals surface area contributed by atoms with Crippen LogP contribution in [0.5, 0.6) is 0 Å². The molecule has 3 rings (SSSR count). The lowest BCUT2D eigenvalue weighted by molar-refractivity contribution is 1.26. The van der Waals surface area contributed by atoms with Gasteiger partial charge in [-0.15, -0.1) is 0 Å². The lowest BCUT2D eigenvalue weighted by atomic mass is 9.96. The van der Waals surface area contributed by atoms with Crippen LogP contribution in [0.3, 0.4) is 0 Å². The molecule has 0 aromatic heterocycles. The second kappa shape index (κ2) is 7.27. The number of benzene rings is 3. The smallest absolute Gasteiger partial charge is 0.0669 e. The fraction of sp³-hybridized carbons (Fsp3) is 0.0909. The van der Waals surface area contributed by atoms with Crippen molar-refractivity contribution in [3.05, 3.63) is 83.9 Å². The SMILES string of the molecule is N#CCc1cccc(-c2cccc(-c3cccc(CC#N)c3)c2)c1. The summed E-state index contributed by atoms with van der Waals surface area (Å²) in [6, 6.07) is 28.9. The average Bonchev–Trinajstić information content (AvgIpc) is 2.63. The Morgan fingerprint density at radius 2 is 0.917 bits per heavy atom. The Hall–Kier alpha value is -3.36. The summed E-state index contributed by atoms with van der Waals surface area (Å²) in [6.07, 6.45) is 0.841. The zero-order valence-electron chi connectivity index (χ0n) is 13.2. The second-order valence-corrected chi connectivity index (χ2v) is 5.65. The number of hydrogen-bond donors (Lipinski definition) is 0. The van der Waals surface area contributed by atoms with Gasteiger partial charge in [0.15, 0.2) is 0 Å². The molecule has 0 fully saturated rings. The van der Waals surface area contributed by atoms with Crippen molar-refractivity contribution in [1.82, 2.24) is 0 Å². The largest absolute Gasteiger partial charge is 0.198 e. The molecule has 0 saturated carbocycles. The molecule has 2 nitrogen and oxygen atoms in total. The van der Waals surface area contributed by atoms with Gasteiger partial charge in [-0.2, -0.15) is 10.5 Å². The van der Waals surface area contributed by atoms with Crippen molar-refractivity contribution in [1.29, 1.82) is 10.5 Å². The van der Waals surface area contributed by atoms with Crippen LogP contribution in [-0.2, 0) is 12.8 Å². The third-order valence-corrected chi connectivity index (χ3v) is 3.95. The molecule has 3 aromatic rings. The van der Waals surface area contributed by atoms with Crippen molar-refractivity contribution in [2.75, 3.05) is 0 Å². The predicted molar refractivity (Wildman–Crippen MR) is 95.9 cm³/mol. The number of rotatable bonds is 4. The van der Waals surface area contributed by atoms with Crippen LogP contribution >= 0.6 is 0 Å². The van der Waals surface area contributed by atoms with Gasteiger partial charge >= 0.3 is 0 Å². The van der Waals surface area contributed by atoms with E-state index in [9.17, 15) is 0 Å². The maximum absolute atomic E-state index is 8.87. The Kier molecular flexibility index (Phi) is 4.70. The molecular formula is C22H16N2. The molecule has 0 saturated heterocycles. The standard InChI is InChI=1S/C22H16N2/c23-12-10-17-4-1-6-19(14-17)21-8-3-9-22(16-21)20-7-2-5-18(15-20)11-13-24/h1-9,14-16H,10-11H2. The van der Waals surface area contributed by atoms with Gasteiger partial charge in [-0.1, -0.05) is 66.7 Å². The molecule has 0 bridgehead atoms. The van der Waals surface area contributed by atoms with E-state index in [2.05, 4.69) is 54.6 Å². The van der Waals surface area contributed by atoms with Gasteiger partial charge < -0.3 is 0 Å². The molecule has 0 aliphatic heterocycles. The summed E-state index contributed by atoms with van der Waals surface area (Å²) in [4.78, 5) is 0. The summed E-state index contributed by atoms with van der Waals surface area (Å²) in [5.41, 5.74) is 6.51. The topological polar surface area (TPSA) is 47.6 Å². The van der Waals surface area contributed by atoms with Crippen molar-refractivity contribution in [2.24, 2.45) is 0 Å². The third kappa shape index (κ3) is 3.51. The zero-order valence-corrected chi connectivity index (χ0v) is 13.2. The highest BCUT2D eigenvalue weighted by Crippen LogP contribution is 2.27. The molecule has 0 heterocycles. The van der Waals surface area contributed by atoms with Gasteiger partial charge in [-0.25, -0.2) is 0 Å². The molecule has 24 heavy (non-hydrogen) atoms. The Balaban J connectivity index is 1.98. The van der Waals surface area contributed by atoms with Crippen LogP contribution in [0.25, 0.3) is 22.3 Å². The minimum absolute atomic E-state index is 0.420. The molecule has 3 aromatic carbocycles. The van der Waals surface area contributed by atoms with Crippen molar-refractivity contribution in [3.8, 4) is 34.4 Å². The quantitative estimate of drug-likeness (QED) is 0.669. The molecule has 0 spiro atoms. The van der Waals surface area contributed by atoms with E-state index < -0.39 is 0 Å². The molecular weight excluding hydrogens is 292 g/mol. The van der Waals surface area contributed by atoms with E-state index in [0.717, 1.165) is 33.4 Å². The monoisotopic (exact) mass is 308 g/mol. The van der Waals surface area contributed by atoms with Crippen LogP contribution in [0.15, 0.2) is 72.8 Å². The van der Waals surface area contributed by atoms with Crippen molar-refractivity contribution >= 4 is 0 Å². The van der Waals surface area contributed by atoms with Crippen molar-refractivity contribution < 1.29 is 0 Å². The fourth-order valence-corrected chi connectivity index (χ4v) is 2.78. The number of hydrogen-bond acceptors (Lipinski definition) is 2. The molecule has 0 aliphatic carbocycles. The van der Waals surface area contributed by atoms with Crippen molar-refractivity contribution in [2.45, 2.75) is 12.8 Å². The van der Waals surface area contributed by atoms with Crippen LogP contribution in [-0.4, -0.2) is 0 Å². The highest BCUT2D eigenvalue weighted by Gasteiger charge is 2.04. The lowest BCUT2D eigenvalue weighted by Crippen LogP contribution is -1.86. The number of nitrogens with zero attached hydrogens (tertiary/aromatic N) is 2. The number of nitriles is 2. The first-order chi connectivity index (χ1) is 11.8. The van der Waals surface area contributed by atoms with Gasteiger partial charge in [0.2, 0.25) is 0 Å². The first kappa shape index (κ1) is 15.5. The van der Waals surface area contributed by atoms with Crippen LogP contribution in [0, 0.1) is 22.7 Å². The Morgan fingerprint density at radius 3 is 1.33 bits per heavy atom. The summed E-state index contributed by atoms with van der Waals surface area (Å²) < 4.78 is 0. The van der Waals surface area contributed by atoms with Crippen LogP contribution in [0.2, 0.25) is 0 Å². The van der Waals surface area contributed by atoms with Crippen LogP contribution in [0.4, 0.5) is 0 Å². The fourth-order valence-electron chi connectivity index (χ4n) is 2.78. The molecule has 0 N–H and O–H groups in total. The maximum atomic E-state index is 8.87. The van der Waals surface area contributed by atoms with Gasteiger partial charge in [0, 0.05) is 0 Å². The van der Waals surface area contributed by atoms with E-state index in [4.69, 9.17) is 10.5 Å². The van der Waals surface area contributed by atoms with E-state index in [1.54, 1.807) is 0 Å². The lowest BCUT2D eigenvalue weighted by Gasteiger charge is -2.08. The second-order valence-electron chi connectivity index (χ2n) is 5.65. The zero-order chi connectivity index (χ0) is 16.8. The first-order valence-electron chi connectivity index (χ1n) is 7.83. The Labute approximate surface area is 142 Å². The van der Waals surface area contributed by atoms with Gasteiger partial charge in [0.05, 0.1) is 25.0 Å². The first-order valence-corrected chi connectivity index (χ1v) is 7.83. The molecule has 0 radical (unpaired) electrons. The molecule has 0 amide bonds. The molecule has 2 heteroatoms. The summed E-state index contributed by atoms with van der Waals surface area (Å²) in [6.45, 7) is 0. The average molecular weight is 308 g/mol. The van der Waals surface area contributed by atoms with Gasteiger partial charge in [-0.05, 0) is 39.4 Å². The maximum Gasteiger partial charge on any atom is 0.0669 e. The minimum Gasteiger partial charge on any atom is -0.198 e. The van der Waals surface area contributed by atoms with Gasteiger partial charge in [-0.3, -0.25) is 0 Å². The van der Waals surface area contributed by atoms with Gasteiger partial charge in [0.1, 0.15) is 0 Å². The Bertz CT molecular complexity index is 868. The Morgan fingerprint density at radius 1 is 0.542 bits per heavy atom. The highest BCUT2D eigenvalue weighted by atomic mass is 14.2. The summed E-state index contributed by atoms with van der Waals surface area (Å²) >= 11 is 0. The molecule has 114 valence electrons. The summed E-state index contributed by atoms with van der Waals surface area (Å²) in [5, 5.41) is 17.7. The molecule has 0 aliphatic rings. The van der Waals surface area contributed by atoms with Crippen LogP contribution in [0.1, 0.15) is 11.1 Å². The summed E-state index contributed by atoms with van der Waals surface area (Å²) in [7, 11) is 0. The molecule has 0 unspecified atom stereocenters. The normalized spacial score (nSPS) is 9.92. The molecule has 0 atom stereocenters. The predicted octanol–water partition coefficient (Wildman–Crippen LogP) is 5.15. The van der Waals surface area contributed by atoms with E-state index in [-0.39, 0.29) is 0 Å². The van der Waals surface area contributed by atoms with Crippen LogP contribution < -0.4 is 0 Å². The third-order valence-electron chi connectivity index (χ3n) is 3.95. The van der Waals surface area contributed by atoms with E-state index in [1.165, 1.54) is 0 Å². The van der Waals surface area contributed by atoms with E-state index in [0.29, 0.717) is 12.8 Å². The summed E-state index contributed by atoms with van der Waals surface area (Å²) in [5.74, 6) is 0. The van der Waals surface area contributed by atoms with E-state index in [1.807, 2.05) is 30.3 Å². The van der Waals surface area contributed by atoms with Gasteiger partial charge in [0.25, 0.3) is 0 Å².